The number of hydrogen-bond acceptors (Lipinski definition) is 3. The molecule has 0 radical (unpaired) electrons. The third-order valence-corrected chi connectivity index (χ3v) is 4.48. The van der Waals surface area contributed by atoms with Crippen LogP contribution in [0.5, 0.6) is 5.75 Å². The van der Waals surface area contributed by atoms with Gasteiger partial charge in [-0.1, -0.05) is 43.9 Å². The number of methoxy groups -OCH3 is 1. The zero-order chi connectivity index (χ0) is 14.4. The van der Waals surface area contributed by atoms with Crippen molar-refractivity contribution in [3.8, 4) is 5.75 Å². The Labute approximate surface area is 122 Å². The van der Waals surface area contributed by atoms with Gasteiger partial charge in [0, 0.05) is 12.7 Å². The summed E-state index contributed by atoms with van der Waals surface area (Å²) in [6.07, 6.45) is 7.02. The molecule has 2 N–H and O–H groups in total. The van der Waals surface area contributed by atoms with Crippen molar-refractivity contribution in [1.82, 2.24) is 0 Å². The molecular formula is C17H27NO2. The lowest BCUT2D eigenvalue weighted by Crippen LogP contribution is -2.42. The van der Waals surface area contributed by atoms with Gasteiger partial charge in [-0.05, 0) is 25.8 Å². The van der Waals surface area contributed by atoms with Gasteiger partial charge in [0.2, 0.25) is 0 Å². The molecule has 2 rings (SSSR count). The van der Waals surface area contributed by atoms with Gasteiger partial charge in [0.05, 0.1) is 18.2 Å². The van der Waals surface area contributed by atoms with Crippen molar-refractivity contribution >= 4 is 0 Å². The van der Waals surface area contributed by atoms with E-state index in [2.05, 4.69) is 6.07 Å². The minimum Gasteiger partial charge on any atom is -0.494 e. The Kier molecular flexibility index (Phi) is 5.44. The van der Waals surface area contributed by atoms with Crippen molar-refractivity contribution in [3.05, 3.63) is 29.8 Å². The molecule has 112 valence electrons. The first kappa shape index (κ1) is 15.3. The second kappa shape index (κ2) is 7.09. The maximum atomic E-state index is 6.61. The summed E-state index contributed by atoms with van der Waals surface area (Å²) < 4.78 is 11.7. The van der Waals surface area contributed by atoms with E-state index < -0.39 is 0 Å². The lowest BCUT2D eigenvalue weighted by Gasteiger charge is -2.38. The molecule has 1 saturated carbocycles. The van der Waals surface area contributed by atoms with Crippen LogP contribution < -0.4 is 10.5 Å². The Hall–Kier alpha value is -1.06. The third-order valence-electron chi connectivity index (χ3n) is 4.48. The number of ether oxygens (including phenoxy) is 2. The van der Waals surface area contributed by atoms with E-state index in [-0.39, 0.29) is 11.6 Å². The Morgan fingerprint density at radius 2 is 1.80 bits per heavy atom. The van der Waals surface area contributed by atoms with Crippen LogP contribution in [0.3, 0.4) is 0 Å². The molecule has 0 bridgehead atoms. The van der Waals surface area contributed by atoms with Crippen LogP contribution in [0.15, 0.2) is 24.3 Å². The summed E-state index contributed by atoms with van der Waals surface area (Å²) in [6.45, 7) is 2.66. The molecule has 0 spiro atoms. The molecule has 3 nitrogen and oxygen atoms in total. The normalized spacial score (nSPS) is 20.1. The zero-order valence-electron chi connectivity index (χ0n) is 12.7. The van der Waals surface area contributed by atoms with Crippen molar-refractivity contribution in [2.75, 3.05) is 13.7 Å². The van der Waals surface area contributed by atoms with E-state index in [0.29, 0.717) is 6.61 Å². The van der Waals surface area contributed by atoms with Gasteiger partial charge in [0.15, 0.2) is 0 Å². The number of hydrogen-bond donors (Lipinski definition) is 1. The Morgan fingerprint density at radius 3 is 2.40 bits per heavy atom. The number of para-hydroxylation sites is 1. The fourth-order valence-electron chi connectivity index (χ4n) is 3.28. The number of rotatable bonds is 5. The zero-order valence-corrected chi connectivity index (χ0v) is 12.7. The van der Waals surface area contributed by atoms with Crippen molar-refractivity contribution in [2.24, 2.45) is 5.73 Å². The van der Waals surface area contributed by atoms with Gasteiger partial charge in [-0.2, -0.15) is 0 Å². The lowest BCUT2D eigenvalue weighted by atomic mass is 9.82. The molecule has 1 unspecified atom stereocenters. The summed E-state index contributed by atoms with van der Waals surface area (Å²) in [7, 11) is 1.80. The first-order valence-electron chi connectivity index (χ1n) is 7.76. The first-order chi connectivity index (χ1) is 9.73. The first-order valence-corrected chi connectivity index (χ1v) is 7.76. The molecule has 1 atom stereocenters. The van der Waals surface area contributed by atoms with Crippen LogP contribution in [0.1, 0.15) is 57.1 Å². The summed E-state index contributed by atoms with van der Waals surface area (Å²) in [5, 5.41) is 0. The molecule has 20 heavy (non-hydrogen) atoms. The molecule has 3 heteroatoms. The van der Waals surface area contributed by atoms with Crippen LogP contribution in [-0.4, -0.2) is 19.3 Å². The Bertz CT molecular complexity index is 411. The van der Waals surface area contributed by atoms with E-state index in [1.165, 1.54) is 25.7 Å². The minimum atomic E-state index is -0.246. The SMILES string of the molecule is CCOc1ccccc1C(N)C1(OC)CCCCCC1. The average Bonchev–Trinajstić information content (AvgIpc) is 2.74. The van der Waals surface area contributed by atoms with Crippen LogP contribution in [0.2, 0.25) is 0 Å². The Morgan fingerprint density at radius 1 is 1.15 bits per heavy atom. The summed E-state index contributed by atoms with van der Waals surface area (Å²) in [5.74, 6) is 0.892. The highest BCUT2D eigenvalue weighted by molar-refractivity contribution is 5.37. The summed E-state index contributed by atoms with van der Waals surface area (Å²) >= 11 is 0. The smallest absolute Gasteiger partial charge is 0.124 e. The van der Waals surface area contributed by atoms with Crippen molar-refractivity contribution in [3.63, 3.8) is 0 Å². The van der Waals surface area contributed by atoms with E-state index in [4.69, 9.17) is 15.2 Å². The van der Waals surface area contributed by atoms with Gasteiger partial charge in [0.25, 0.3) is 0 Å². The Balaban J connectivity index is 2.29. The summed E-state index contributed by atoms with van der Waals surface area (Å²) in [5.41, 5.74) is 7.43. The lowest BCUT2D eigenvalue weighted by molar-refractivity contribution is -0.0447. The monoisotopic (exact) mass is 277 g/mol. The summed E-state index contributed by atoms with van der Waals surface area (Å²) in [6, 6.07) is 7.96. The maximum Gasteiger partial charge on any atom is 0.124 e. The highest BCUT2D eigenvalue weighted by Crippen LogP contribution is 2.41. The van der Waals surface area contributed by atoms with Crippen LogP contribution >= 0.6 is 0 Å². The van der Waals surface area contributed by atoms with Crippen LogP contribution in [0.25, 0.3) is 0 Å². The predicted molar refractivity (Wildman–Crippen MR) is 82.0 cm³/mol. The molecule has 1 aromatic carbocycles. The quantitative estimate of drug-likeness (QED) is 0.832. The van der Waals surface area contributed by atoms with E-state index in [1.807, 2.05) is 25.1 Å². The highest BCUT2D eigenvalue weighted by Gasteiger charge is 2.39. The molecule has 0 aliphatic heterocycles. The van der Waals surface area contributed by atoms with Gasteiger partial charge in [0.1, 0.15) is 5.75 Å². The topological polar surface area (TPSA) is 44.5 Å². The largest absolute Gasteiger partial charge is 0.494 e. The van der Waals surface area contributed by atoms with Crippen LogP contribution in [0.4, 0.5) is 0 Å². The van der Waals surface area contributed by atoms with Crippen LogP contribution in [0, 0.1) is 0 Å². The van der Waals surface area contributed by atoms with Gasteiger partial charge in [-0.3, -0.25) is 0 Å². The van der Waals surface area contributed by atoms with E-state index in [9.17, 15) is 0 Å². The van der Waals surface area contributed by atoms with Gasteiger partial charge < -0.3 is 15.2 Å². The molecule has 0 aromatic heterocycles. The standard InChI is InChI=1S/C17H27NO2/c1-3-20-15-11-7-6-10-14(15)16(18)17(19-2)12-8-4-5-9-13-17/h6-7,10-11,16H,3-5,8-9,12-13,18H2,1-2H3. The van der Waals surface area contributed by atoms with Gasteiger partial charge >= 0.3 is 0 Å². The van der Waals surface area contributed by atoms with E-state index in [1.54, 1.807) is 7.11 Å². The van der Waals surface area contributed by atoms with Crippen molar-refractivity contribution in [2.45, 2.75) is 57.1 Å². The van der Waals surface area contributed by atoms with Crippen molar-refractivity contribution in [1.29, 1.82) is 0 Å². The third kappa shape index (κ3) is 3.15. The maximum absolute atomic E-state index is 6.61. The minimum absolute atomic E-state index is 0.131. The van der Waals surface area contributed by atoms with E-state index in [0.717, 1.165) is 24.2 Å². The molecule has 1 aliphatic rings. The second-order valence-electron chi connectivity index (χ2n) is 5.63. The molecule has 0 saturated heterocycles. The van der Waals surface area contributed by atoms with E-state index >= 15 is 0 Å². The highest BCUT2D eigenvalue weighted by atomic mass is 16.5. The summed E-state index contributed by atoms with van der Waals surface area (Å²) in [4.78, 5) is 0. The molecule has 0 amide bonds. The van der Waals surface area contributed by atoms with Gasteiger partial charge in [-0.15, -0.1) is 0 Å². The number of nitrogens with two attached hydrogens (primary N) is 1. The molecular weight excluding hydrogens is 250 g/mol. The average molecular weight is 277 g/mol. The molecule has 0 heterocycles. The fourth-order valence-corrected chi connectivity index (χ4v) is 3.28. The second-order valence-corrected chi connectivity index (χ2v) is 5.63. The molecule has 1 fully saturated rings. The van der Waals surface area contributed by atoms with Crippen LogP contribution in [-0.2, 0) is 4.74 Å². The molecule has 1 aliphatic carbocycles. The molecule has 1 aromatic rings. The van der Waals surface area contributed by atoms with Gasteiger partial charge in [-0.25, -0.2) is 0 Å². The fraction of sp³-hybridized carbons (Fsp3) is 0.647. The predicted octanol–water partition coefficient (Wildman–Crippen LogP) is 3.82. The number of benzene rings is 1. The van der Waals surface area contributed by atoms with Crippen molar-refractivity contribution < 1.29 is 9.47 Å².